The first kappa shape index (κ1) is 12.4. The number of hydrogen-bond donors (Lipinski definition) is 1. The number of nitrogens with one attached hydrogen (secondary N) is 1. The van der Waals surface area contributed by atoms with Crippen molar-refractivity contribution >= 4 is 17.4 Å². The first-order chi connectivity index (χ1) is 8.86. The molecule has 2 fully saturated rings. The van der Waals surface area contributed by atoms with Crippen molar-refractivity contribution in [2.45, 2.75) is 42.7 Å². The molecule has 0 radical (unpaired) electrons. The highest BCUT2D eigenvalue weighted by molar-refractivity contribution is 7.98. The van der Waals surface area contributed by atoms with Crippen molar-refractivity contribution in [3.63, 3.8) is 0 Å². The predicted octanol–water partition coefficient (Wildman–Crippen LogP) is 3.45. The lowest BCUT2D eigenvalue weighted by Crippen LogP contribution is -2.42. The maximum absolute atomic E-state index is 3.77. The molecule has 0 aromatic heterocycles. The molecule has 1 N–H and O–H groups in total. The summed E-state index contributed by atoms with van der Waals surface area (Å²) in [6, 6.07) is 10.2. The van der Waals surface area contributed by atoms with Crippen molar-refractivity contribution in [3.8, 4) is 0 Å². The van der Waals surface area contributed by atoms with Gasteiger partial charge in [0.25, 0.3) is 0 Å². The summed E-state index contributed by atoms with van der Waals surface area (Å²) in [5.74, 6) is 0. The van der Waals surface area contributed by atoms with Gasteiger partial charge in [-0.05, 0) is 50.6 Å². The second-order valence-corrected chi connectivity index (χ2v) is 6.25. The summed E-state index contributed by atoms with van der Waals surface area (Å²) in [4.78, 5) is 4.05. The molecule has 0 aliphatic carbocycles. The van der Waals surface area contributed by atoms with E-state index in [1.807, 2.05) is 11.8 Å². The molecule has 2 saturated heterocycles. The van der Waals surface area contributed by atoms with Crippen LogP contribution < -0.4 is 5.32 Å². The van der Waals surface area contributed by atoms with Crippen molar-refractivity contribution in [3.05, 3.63) is 24.3 Å². The van der Waals surface area contributed by atoms with E-state index in [1.165, 1.54) is 49.4 Å². The third kappa shape index (κ3) is 2.52. The number of para-hydroxylation sites is 1. The van der Waals surface area contributed by atoms with E-state index in [2.05, 4.69) is 40.7 Å². The third-order valence-electron chi connectivity index (χ3n) is 4.29. The number of fused-ring (bicyclic) bond motifs is 1. The van der Waals surface area contributed by atoms with Gasteiger partial charge in [0.1, 0.15) is 0 Å². The van der Waals surface area contributed by atoms with Crippen LogP contribution in [0.2, 0.25) is 0 Å². The van der Waals surface area contributed by atoms with Gasteiger partial charge in [-0.25, -0.2) is 0 Å². The van der Waals surface area contributed by atoms with Crippen molar-refractivity contribution in [1.82, 2.24) is 4.90 Å². The lowest BCUT2D eigenvalue weighted by atomic mass is 9.97. The molecule has 3 heteroatoms. The Morgan fingerprint density at radius 1 is 1.22 bits per heavy atom. The monoisotopic (exact) mass is 262 g/mol. The van der Waals surface area contributed by atoms with Crippen LogP contribution >= 0.6 is 11.8 Å². The van der Waals surface area contributed by atoms with Gasteiger partial charge in [0, 0.05) is 29.2 Å². The van der Waals surface area contributed by atoms with Crippen LogP contribution in [0.5, 0.6) is 0 Å². The number of rotatable bonds is 3. The molecular weight excluding hydrogens is 240 g/mol. The van der Waals surface area contributed by atoms with Gasteiger partial charge in [-0.1, -0.05) is 12.1 Å². The van der Waals surface area contributed by atoms with Crippen molar-refractivity contribution in [1.29, 1.82) is 0 Å². The zero-order valence-electron chi connectivity index (χ0n) is 11.1. The van der Waals surface area contributed by atoms with Gasteiger partial charge in [-0.3, -0.25) is 0 Å². The summed E-state index contributed by atoms with van der Waals surface area (Å²) >= 11 is 1.83. The Balaban J connectivity index is 1.66. The third-order valence-corrected chi connectivity index (χ3v) is 5.08. The minimum absolute atomic E-state index is 0.664. The van der Waals surface area contributed by atoms with Crippen LogP contribution in [0.3, 0.4) is 0 Å². The van der Waals surface area contributed by atoms with E-state index in [9.17, 15) is 0 Å². The van der Waals surface area contributed by atoms with Crippen LogP contribution in [0.25, 0.3) is 0 Å². The summed E-state index contributed by atoms with van der Waals surface area (Å²) in [7, 11) is 0. The fraction of sp³-hybridized carbons (Fsp3) is 0.600. The highest BCUT2D eigenvalue weighted by atomic mass is 32.2. The summed E-state index contributed by atoms with van der Waals surface area (Å²) in [5.41, 5.74) is 1.32. The van der Waals surface area contributed by atoms with Crippen LogP contribution in [-0.4, -0.2) is 36.3 Å². The predicted molar refractivity (Wildman–Crippen MR) is 79.5 cm³/mol. The first-order valence-corrected chi connectivity index (χ1v) is 8.23. The van der Waals surface area contributed by atoms with E-state index in [0.29, 0.717) is 6.04 Å². The molecule has 2 unspecified atom stereocenters. The molecule has 18 heavy (non-hydrogen) atoms. The lowest BCUT2D eigenvalue weighted by molar-refractivity contribution is 0.188. The molecule has 2 atom stereocenters. The lowest BCUT2D eigenvalue weighted by Gasteiger charge is -2.35. The van der Waals surface area contributed by atoms with Gasteiger partial charge < -0.3 is 10.2 Å². The molecule has 2 aliphatic rings. The summed E-state index contributed by atoms with van der Waals surface area (Å²) in [6.07, 6.45) is 7.57. The summed E-state index contributed by atoms with van der Waals surface area (Å²) < 4.78 is 0. The number of anilines is 1. The normalized spacial score (nSPS) is 28.1. The molecule has 0 amide bonds. The second kappa shape index (κ2) is 5.54. The highest BCUT2D eigenvalue weighted by Gasteiger charge is 2.31. The van der Waals surface area contributed by atoms with E-state index in [1.54, 1.807) is 0 Å². The Morgan fingerprint density at radius 2 is 2.11 bits per heavy atom. The second-order valence-electron chi connectivity index (χ2n) is 5.40. The van der Waals surface area contributed by atoms with Gasteiger partial charge in [0.2, 0.25) is 0 Å². The van der Waals surface area contributed by atoms with E-state index in [4.69, 9.17) is 0 Å². The Labute approximate surface area is 114 Å². The van der Waals surface area contributed by atoms with Gasteiger partial charge in [0.05, 0.1) is 0 Å². The Kier molecular flexibility index (Phi) is 3.80. The van der Waals surface area contributed by atoms with Gasteiger partial charge in [-0.2, -0.15) is 0 Å². The molecule has 3 rings (SSSR count). The Bertz CT molecular complexity index is 407. The molecule has 2 nitrogen and oxygen atoms in total. The Hall–Kier alpha value is -0.670. The molecule has 0 spiro atoms. The van der Waals surface area contributed by atoms with Crippen LogP contribution in [0.15, 0.2) is 29.2 Å². The number of piperidine rings is 1. The summed E-state index contributed by atoms with van der Waals surface area (Å²) in [5, 5.41) is 3.77. The minimum atomic E-state index is 0.664. The fourth-order valence-corrected chi connectivity index (χ4v) is 3.90. The zero-order chi connectivity index (χ0) is 12.4. The molecule has 1 aromatic rings. The van der Waals surface area contributed by atoms with E-state index >= 15 is 0 Å². The topological polar surface area (TPSA) is 15.3 Å². The van der Waals surface area contributed by atoms with E-state index < -0.39 is 0 Å². The van der Waals surface area contributed by atoms with Crippen molar-refractivity contribution < 1.29 is 0 Å². The van der Waals surface area contributed by atoms with Gasteiger partial charge in [-0.15, -0.1) is 11.8 Å². The van der Waals surface area contributed by atoms with Crippen LogP contribution in [0.4, 0.5) is 5.69 Å². The van der Waals surface area contributed by atoms with Crippen molar-refractivity contribution in [2.24, 2.45) is 0 Å². The number of thioether (sulfide) groups is 1. The molecule has 1 aromatic carbocycles. The van der Waals surface area contributed by atoms with Crippen LogP contribution in [0.1, 0.15) is 25.7 Å². The molecule has 0 saturated carbocycles. The fourth-order valence-electron chi connectivity index (χ4n) is 3.34. The molecule has 98 valence electrons. The maximum Gasteiger partial charge on any atom is 0.0480 e. The standard InChI is InChI=1S/C15H22N2S/c1-18-15-7-3-2-6-14(15)16-12-8-10-17-9-4-5-13(17)11-12/h2-3,6-7,12-13,16H,4-5,8-11H2,1H3. The average molecular weight is 262 g/mol. The van der Waals surface area contributed by atoms with Crippen LogP contribution in [-0.2, 0) is 0 Å². The quantitative estimate of drug-likeness (QED) is 0.840. The average Bonchev–Trinajstić information content (AvgIpc) is 2.87. The number of benzene rings is 1. The molecule has 2 aliphatic heterocycles. The van der Waals surface area contributed by atoms with E-state index in [-0.39, 0.29) is 0 Å². The largest absolute Gasteiger partial charge is 0.381 e. The smallest absolute Gasteiger partial charge is 0.0480 e. The highest BCUT2D eigenvalue weighted by Crippen LogP contribution is 2.31. The minimum Gasteiger partial charge on any atom is -0.381 e. The Morgan fingerprint density at radius 3 is 3.00 bits per heavy atom. The van der Waals surface area contributed by atoms with Gasteiger partial charge in [0.15, 0.2) is 0 Å². The zero-order valence-corrected chi connectivity index (χ0v) is 11.9. The number of hydrogen-bond acceptors (Lipinski definition) is 3. The maximum atomic E-state index is 3.77. The van der Waals surface area contributed by atoms with Gasteiger partial charge >= 0.3 is 0 Å². The molecule has 2 heterocycles. The van der Waals surface area contributed by atoms with Crippen molar-refractivity contribution in [2.75, 3.05) is 24.7 Å². The van der Waals surface area contributed by atoms with E-state index in [0.717, 1.165) is 6.04 Å². The first-order valence-electron chi connectivity index (χ1n) is 7.00. The number of nitrogens with zero attached hydrogens (tertiary/aromatic N) is 1. The summed E-state index contributed by atoms with van der Waals surface area (Å²) in [6.45, 7) is 2.61. The molecule has 0 bridgehead atoms. The van der Waals surface area contributed by atoms with Crippen LogP contribution in [0, 0.1) is 0 Å². The SMILES string of the molecule is CSc1ccccc1NC1CCN2CCCC2C1. The molecular formula is C15H22N2S.